The van der Waals surface area contributed by atoms with Gasteiger partial charge in [0.25, 0.3) is 0 Å². The van der Waals surface area contributed by atoms with Gasteiger partial charge < -0.3 is 24.8 Å². The third-order valence-electron chi connectivity index (χ3n) is 9.45. The van der Waals surface area contributed by atoms with Crippen LogP contribution in [0.2, 0.25) is 0 Å². The van der Waals surface area contributed by atoms with Crippen molar-refractivity contribution in [3.05, 3.63) is 12.2 Å². The molecule has 4 fully saturated rings. The molecular weight excluding hydrogens is 400 g/mol. The molecule has 0 aliphatic heterocycles. The first-order valence-electron chi connectivity index (χ1n) is 11.3. The van der Waals surface area contributed by atoms with Crippen molar-refractivity contribution < 1.29 is 34.4 Å². The molecule has 31 heavy (non-hydrogen) atoms. The molecule has 4 rings (SSSR count). The molecular formula is C24H36O7. The van der Waals surface area contributed by atoms with Crippen LogP contribution < -0.4 is 0 Å². The van der Waals surface area contributed by atoms with E-state index in [1.165, 1.54) is 13.8 Å². The summed E-state index contributed by atoms with van der Waals surface area (Å²) < 4.78 is 11.6. The zero-order valence-corrected chi connectivity index (χ0v) is 19.1. The summed E-state index contributed by atoms with van der Waals surface area (Å²) in [5, 5.41) is 33.9. The van der Waals surface area contributed by atoms with Crippen molar-refractivity contribution in [2.24, 2.45) is 34.0 Å². The molecule has 0 radical (unpaired) electrons. The van der Waals surface area contributed by atoms with E-state index in [1.54, 1.807) is 0 Å². The molecule has 4 saturated carbocycles. The smallest absolute Gasteiger partial charge is 0.302 e. The zero-order valence-electron chi connectivity index (χ0n) is 19.1. The fourth-order valence-corrected chi connectivity index (χ4v) is 8.22. The fourth-order valence-electron chi connectivity index (χ4n) is 8.22. The van der Waals surface area contributed by atoms with Gasteiger partial charge in [0.15, 0.2) is 0 Å². The minimum atomic E-state index is -0.922. The number of hydrogen-bond donors (Lipinski definition) is 3. The summed E-state index contributed by atoms with van der Waals surface area (Å²) >= 11 is 0. The Morgan fingerprint density at radius 1 is 0.968 bits per heavy atom. The molecule has 4 aliphatic rings. The first-order chi connectivity index (χ1) is 14.3. The van der Waals surface area contributed by atoms with Crippen LogP contribution in [0.1, 0.15) is 60.3 Å². The Hall–Kier alpha value is -1.44. The Labute approximate surface area is 183 Å². The Balaban J connectivity index is 1.93. The van der Waals surface area contributed by atoms with Gasteiger partial charge in [-0.2, -0.15) is 0 Å². The average Bonchev–Trinajstić information content (AvgIpc) is 2.83. The molecule has 1 spiro atoms. The predicted molar refractivity (Wildman–Crippen MR) is 112 cm³/mol. The van der Waals surface area contributed by atoms with E-state index in [0.717, 1.165) is 0 Å². The standard InChI is InChI=1S/C24H36O7/c1-11-14-7-15(27)20-23(6)16(22(4,5)17(28)9-18(23)30-12(2)25)8-19(31-13(3)26)24(20,10-14)21(11)29/h14-21,27-29H,1,7-10H2,2-6H3/t14-,15+,16-,17+,18+,19+,20+,21+,23+,24+/m1/s1. The second-order valence-corrected chi connectivity index (χ2v) is 11.2. The Morgan fingerprint density at radius 2 is 1.55 bits per heavy atom. The van der Waals surface area contributed by atoms with Crippen molar-refractivity contribution in [3.63, 3.8) is 0 Å². The molecule has 7 nitrogen and oxygen atoms in total. The highest BCUT2D eigenvalue weighted by Gasteiger charge is 2.76. The van der Waals surface area contributed by atoms with Crippen molar-refractivity contribution in [2.75, 3.05) is 0 Å². The summed E-state index contributed by atoms with van der Waals surface area (Å²) in [5.41, 5.74) is -1.50. The monoisotopic (exact) mass is 436 g/mol. The van der Waals surface area contributed by atoms with Crippen molar-refractivity contribution >= 4 is 11.9 Å². The van der Waals surface area contributed by atoms with Crippen molar-refractivity contribution in [3.8, 4) is 0 Å². The largest absolute Gasteiger partial charge is 0.462 e. The van der Waals surface area contributed by atoms with Crippen molar-refractivity contribution in [1.82, 2.24) is 0 Å². The topological polar surface area (TPSA) is 113 Å². The Kier molecular flexibility index (Phi) is 5.16. The summed E-state index contributed by atoms with van der Waals surface area (Å²) in [4.78, 5) is 24.1. The summed E-state index contributed by atoms with van der Waals surface area (Å²) in [6.07, 6.45) is -1.95. The van der Waals surface area contributed by atoms with Crippen LogP contribution in [0.15, 0.2) is 12.2 Å². The summed E-state index contributed by atoms with van der Waals surface area (Å²) in [6.45, 7) is 12.8. The van der Waals surface area contributed by atoms with Crippen LogP contribution in [0.4, 0.5) is 0 Å². The lowest BCUT2D eigenvalue weighted by atomic mass is 9.38. The van der Waals surface area contributed by atoms with E-state index in [1.807, 2.05) is 20.8 Å². The van der Waals surface area contributed by atoms with Gasteiger partial charge in [0.2, 0.25) is 0 Å². The minimum Gasteiger partial charge on any atom is -0.462 e. The molecule has 10 atom stereocenters. The van der Waals surface area contributed by atoms with Crippen LogP contribution >= 0.6 is 0 Å². The van der Waals surface area contributed by atoms with Crippen LogP contribution in [0, 0.1) is 34.0 Å². The van der Waals surface area contributed by atoms with Gasteiger partial charge in [0, 0.05) is 37.0 Å². The average molecular weight is 437 g/mol. The van der Waals surface area contributed by atoms with Gasteiger partial charge >= 0.3 is 11.9 Å². The SMILES string of the molecule is C=C1[C@@H]2C[C@H](O)[C@H]3[C@]4(C)[C@@H](OC(C)=O)C[C@H](O)C(C)(C)[C@H]4C[C@H](OC(C)=O)[C@]3(C2)[C@H]1O. The lowest BCUT2D eigenvalue weighted by Crippen LogP contribution is -2.72. The van der Waals surface area contributed by atoms with Gasteiger partial charge in [-0.1, -0.05) is 27.4 Å². The summed E-state index contributed by atoms with van der Waals surface area (Å²) in [6, 6.07) is 0. The lowest BCUT2D eigenvalue weighted by molar-refractivity contribution is -0.292. The van der Waals surface area contributed by atoms with Gasteiger partial charge in [-0.15, -0.1) is 0 Å². The molecule has 0 amide bonds. The van der Waals surface area contributed by atoms with E-state index in [9.17, 15) is 24.9 Å². The predicted octanol–water partition coefficient (Wildman–Crippen LogP) is 1.97. The first kappa shape index (κ1) is 22.7. The van der Waals surface area contributed by atoms with E-state index in [4.69, 9.17) is 9.47 Å². The molecule has 2 bridgehead atoms. The molecule has 3 N–H and O–H groups in total. The van der Waals surface area contributed by atoms with Crippen LogP contribution in [0.25, 0.3) is 0 Å². The minimum absolute atomic E-state index is 0.0474. The number of aliphatic hydroxyl groups is 3. The van der Waals surface area contributed by atoms with Gasteiger partial charge in [-0.3, -0.25) is 9.59 Å². The first-order valence-corrected chi connectivity index (χ1v) is 11.3. The lowest BCUT2D eigenvalue weighted by Gasteiger charge is -2.68. The number of hydrogen-bond acceptors (Lipinski definition) is 7. The summed E-state index contributed by atoms with van der Waals surface area (Å²) in [5.74, 6) is -1.61. The van der Waals surface area contributed by atoms with Gasteiger partial charge in [-0.05, 0) is 42.1 Å². The number of esters is 2. The highest BCUT2D eigenvalue weighted by Crippen LogP contribution is 2.72. The van der Waals surface area contributed by atoms with Gasteiger partial charge in [0.05, 0.1) is 18.3 Å². The van der Waals surface area contributed by atoms with Crippen LogP contribution in [0.5, 0.6) is 0 Å². The molecule has 0 aromatic carbocycles. The number of fused-ring (bicyclic) bond motifs is 3. The van der Waals surface area contributed by atoms with E-state index in [-0.39, 0.29) is 18.3 Å². The normalized spacial score (nSPS) is 50.3. The third-order valence-corrected chi connectivity index (χ3v) is 9.45. The maximum atomic E-state index is 12.1. The molecule has 0 unspecified atom stereocenters. The van der Waals surface area contributed by atoms with Gasteiger partial charge in [0.1, 0.15) is 12.2 Å². The van der Waals surface area contributed by atoms with Crippen molar-refractivity contribution in [1.29, 1.82) is 0 Å². The van der Waals surface area contributed by atoms with Crippen LogP contribution in [-0.4, -0.2) is 57.8 Å². The number of aliphatic hydroxyl groups excluding tert-OH is 3. The number of ether oxygens (including phenoxy) is 2. The second kappa shape index (κ2) is 7.03. The van der Waals surface area contributed by atoms with Gasteiger partial charge in [-0.25, -0.2) is 0 Å². The maximum absolute atomic E-state index is 12.1. The number of carbonyl (C=O) groups is 2. The third kappa shape index (κ3) is 2.89. The molecule has 4 aliphatic carbocycles. The van der Waals surface area contributed by atoms with Crippen molar-refractivity contribution in [2.45, 2.75) is 90.8 Å². The molecule has 0 heterocycles. The maximum Gasteiger partial charge on any atom is 0.302 e. The highest BCUT2D eigenvalue weighted by molar-refractivity contribution is 5.67. The van der Waals surface area contributed by atoms with E-state index >= 15 is 0 Å². The number of carbonyl (C=O) groups excluding carboxylic acids is 2. The van der Waals surface area contributed by atoms with Crippen LogP contribution in [-0.2, 0) is 19.1 Å². The Bertz CT molecular complexity index is 806. The molecule has 174 valence electrons. The Morgan fingerprint density at radius 3 is 2.13 bits per heavy atom. The van der Waals surface area contributed by atoms with Crippen LogP contribution in [0.3, 0.4) is 0 Å². The molecule has 0 aromatic heterocycles. The highest BCUT2D eigenvalue weighted by atomic mass is 16.6. The van der Waals surface area contributed by atoms with E-state index in [0.29, 0.717) is 24.8 Å². The molecule has 0 saturated heterocycles. The second-order valence-electron chi connectivity index (χ2n) is 11.2. The molecule has 7 heteroatoms. The summed E-state index contributed by atoms with van der Waals surface area (Å²) in [7, 11) is 0. The number of rotatable bonds is 2. The van der Waals surface area contributed by atoms with E-state index in [2.05, 4.69) is 6.58 Å². The quantitative estimate of drug-likeness (QED) is 0.448. The molecule has 0 aromatic rings. The zero-order chi connectivity index (χ0) is 23.1. The fraction of sp³-hybridized carbons (Fsp3) is 0.833. The van der Waals surface area contributed by atoms with E-state index < -0.39 is 64.6 Å².